The second kappa shape index (κ2) is 5.14. The first kappa shape index (κ1) is 13.5. The molecule has 0 spiro atoms. The van der Waals surface area contributed by atoms with Gasteiger partial charge in [-0.2, -0.15) is 0 Å². The Kier molecular flexibility index (Phi) is 3.47. The molecule has 2 aromatic rings. The van der Waals surface area contributed by atoms with Gasteiger partial charge in [-0.15, -0.1) is 11.6 Å². The van der Waals surface area contributed by atoms with E-state index in [-0.39, 0.29) is 5.41 Å². The van der Waals surface area contributed by atoms with E-state index in [1.807, 2.05) is 0 Å². The van der Waals surface area contributed by atoms with Crippen molar-refractivity contribution in [2.24, 2.45) is 0 Å². The lowest BCUT2D eigenvalue weighted by Crippen LogP contribution is -2.33. The number of benzene rings is 2. The standard InChI is InChI=1S/C18H20ClN/c1-18(2)14-8-3-5-10-16(14)20(13-7-12-19)17-11-6-4-9-15(17)18/h3-6,8-11H,7,12-13H2,1-2H3. The normalized spacial score (nSPS) is 15.7. The molecule has 0 aromatic heterocycles. The summed E-state index contributed by atoms with van der Waals surface area (Å²) in [6, 6.07) is 17.5. The quantitative estimate of drug-likeness (QED) is 0.710. The first-order chi connectivity index (χ1) is 9.66. The molecule has 3 rings (SSSR count). The van der Waals surface area contributed by atoms with Gasteiger partial charge in [0.15, 0.2) is 0 Å². The van der Waals surface area contributed by atoms with Crippen LogP contribution in [0.15, 0.2) is 48.5 Å². The van der Waals surface area contributed by atoms with E-state index < -0.39 is 0 Å². The van der Waals surface area contributed by atoms with E-state index in [0.717, 1.165) is 13.0 Å². The van der Waals surface area contributed by atoms with Crippen LogP contribution in [0, 0.1) is 0 Å². The number of halogens is 1. The molecule has 0 aliphatic carbocycles. The predicted molar refractivity (Wildman–Crippen MR) is 87.4 cm³/mol. The number of alkyl halides is 1. The summed E-state index contributed by atoms with van der Waals surface area (Å²) < 4.78 is 0. The van der Waals surface area contributed by atoms with Crippen LogP contribution in [0.3, 0.4) is 0 Å². The van der Waals surface area contributed by atoms with Crippen molar-refractivity contribution in [3.63, 3.8) is 0 Å². The zero-order valence-corrected chi connectivity index (χ0v) is 12.8. The van der Waals surface area contributed by atoms with E-state index in [9.17, 15) is 0 Å². The number of nitrogens with zero attached hydrogens (tertiary/aromatic N) is 1. The molecule has 1 aliphatic rings. The Morgan fingerprint density at radius 1 is 0.900 bits per heavy atom. The van der Waals surface area contributed by atoms with Crippen molar-refractivity contribution < 1.29 is 0 Å². The molecule has 0 amide bonds. The van der Waals surface area contributed by atoms with Crippen LogP contribution in [-0.4, -0.2) is 12.4 Å². The van der Waals surface area contributed by atoms with Crippen molar-refractivity contribution in [2.75, 3.05) is 17.3 Å². The van der Waals surface area contributed by atoms with Gasteiger partial charge < -0.3 is 4.90 Å². The molecule has 0 saturated carbocycles. The van der Waals surface area contributed by atoms with Crippen LogP contribution < -0.4 is 4.90 Å². The van der Waals surface area contributed by atoms with Crippen molar-refractivity contribution in [3.8, 4) is 0 Å². The first-order valence-corrected chi connectivity index (χ1v) is 7.72. The van der Waals surface area contributed by atoms with Gasteiger partial charge in [0.2, 0.25) is 0 Å². The SMILES string of the molecule is CC1(C)c2ccccc2N(CCCCl)c2ccccc21. The highest BCUT2D eigenvalue weighted by molar-refractivity contribution is 6.17. The summed E-state index contributed by atoms with van der Waals surface area (Å²) in [6.07, 6.45) is 0.991. The molecule has 0 fully saturated rings. The summed E-state index contributed by atoms with van der Waals surface area (Å²) in [5, 5.41) is 0. The Labute approximate surface area is 126 Å². The lowest BCUT2D eigenvalue weighted by Gasteiger charge is -2.42. The van der Waals surface area contributed by atoms with Crippen LogP contribution >= 0.6 is 11.6 Å². The highest BCUT2D eigenvalue weighted by atomic mass is 35.5. The second-order valence-corrected chi connectivity index (χ2v) is 6.23. The Morgan fingerprint density at radius 2 is 1.40 bits per heavy atom. The summed E-state index contributed by atoms with van der Waals surface area (Å²) in [5.74, 6) is 0.699. The summed E-state index contributed by atoms with van der Waals surface area (Å²) in [5.41, 5.74) is 5.48. The van der Waals surface area contributed by atoms with E-state index in [1.54, 1.807) is 0 Å². The minimum Gasteiger partial charge on any atom is -0.341 e. The van der Waals surface area contributed by atoms with E-state index >= 15 is 0 Å². The highest BCUT2D eigenvalue weighted by Gasteiger charge is 2.35. The molecule has 0 bridgehead atoms. The van der Waals surface area contributed by atoms with Crippen molar-refractivity contribution >= 4 is 23.0 Å². The van der Waals surface area contributed by atoms with Gasteiger partial charge in [0, 0.05) is 29.2 Å². The molecular formula is C18H20ClN. The van der Waals surface area contributed by atoms with Crippen LogP contribution in [0.5, 0.6) is 0 Å². The predicted octanol–water partition coefficient (Wildman–Crippen LogP) is 5.09. The first-order valence-electron chi connectivity index (χ1n) is 7.19. The second-order valence-electron chi connectivity index (χ2n) is 5.85. The molecule has 0 atom stereocenters. The maximum Gasteiger partial charge on any atom is 0.0452 e. The number of hydrogen-bond acceptors (Lipinski definition) is 1. The van der Waals surface area contributed by atoms with Gasteiger partial charge >= 0.3 is 0 Å². The third-order valence-electron chi connectivity index (χ3n) is 4.25. The lowest BCUT2D eigenvalue weighted by atomic mass is 9.73. The fraction of sp³-hybridized carbons (Fsp3) is 0.333. The lowest BCUT2D eigenvalue weighted by molar-refractivity contribution is 0.623. The molecule has 1 nitrogen and oxygen atoms in total. The van der Waals surface area contributed by atoms with Crippen LogP contribution in [0.4, 0.5) is 11.4 Å². The molecule has 1 aliphatic heterocycles. The number of rotatable bonds is 3. The van der Waals surface area contributed by atoms with Crippen LogP contribution in [-0.2, 0) is 5.41 Å². The zero-order chi connectivity index (χ0) is 14.2. The Hall–Kier alpha value is -1.47. The monoisotopic (exact) mass is 285 g/mol. The van der Waals surface area contributed by atoms with E-state index in [2.05, 4.69) is 67.3 Å². The van der Waals surface area contributed by atoms with Gasteiger partial charge in [-0.1, -0.05) is 50.2 Å². The molecule has 104 valence electrons. The Bertz CT molecular complexity index is 569. The average Bonchev–Trinajstić information content (AvgIpc) is 2.48. The van der Waals surface area contributed by atoms with Gasteiger partial charge in [-0.25, -0.2) is 0 Å². The van der Waals surface area contributed by atoms with Gasteiger partial charge in [0.1, 0.15) is 0 Å². The number of anilines is 2. The molecule has 20 heavy (non-hydrogen) atoms. The fourth-order valence-corrected chi connectivity index (χ4v) is 3.33. The number of hydrogen-bond donors (Lipinski definition) is 0. The summed E-state index contributed by atoms with van der Waals surface area (Å²) in [7, 11) is 0. The van der Waals surface area contributed by atoms with Crippen LogP contribution in [0.2, 0.25) is 0 Å². The zero-order valence-electron chi connectivity index (χ0n) is 12.1. The third-order valence-corrected chi connectivity index (χ3v) is 4.52. The maximum absolute atomic E-state index is 5.90. The van der Waals surface area contributed by atoms with Crippen molar-refractivity contribution in [1.29, 1.82) is 0 Å². The summed E-state index contributed by atoms with van der Waals surface area (Å²) >= 11 is 5.90. The average molecular weight is 286 g/mol. The van der Waals surface area contributed by atoms with Gasteiger partial charge in [-0.3, -0.25) is 0 Å². The molecule has 2 aromatic carbocycles. The van der Waals surface area contributed by atoms with E-state index in [1.165, 1.54) is 22.5 Å². The van der Waals surface area contributed by atoms with E-state index in [0.29, 0.717) is 5.88 Å². The van der Waals surface area contributed by atoms with Crippen LogP contribution in [0.1, 0.15) is 31.4 Å². The minimum atomic E-state index is 0.0463. The topological polar surface area (TPSA) is 3.24 Å². The minimum absolute atomic E-state index is 0.0463. The third kappa shape index (κ3) is 2.01. The molecular weight excluding hydrogens is 266 g/mol. The molecule has 2 heteroatoms. The van der Waals surface area contributed by atoms with Crippen molar-refractivity contribution in [3.05, 3.63) is 59.7 Å². The van der Waals surface area contributed by atoms with Crippen molar-refractivity contribution in [1.82, 2.24) is 0 Å². The smallest absolute Gasteiger partial charge is 0.0452 e. The van der Waals surface area contributed by atoms with Crippen molar-refractivity contribution in [2.45, 2.75) is 25.7 Å². The van der Waals surface area contributed by atoms with Gasteiger partial charge in [0.05, 0.1) is 0 Å². The maximum atomic E-state index is 5.90. The number of para-hydroxylation sites is 2. The highest BCUT2D eigenvalue weighted by Crippen LogP contribution is 2.48. The molecule has 0 N–H and O–H groups in total. The largest absolute Gasteiger partial charge is 0.341 e. The Morgan fingerprint density at radius 3 is 1.90 bits per heavy atom. The summed E-state index contributed by atoms with van der Waals surface area (Å²) in [4.78, 5) is 2.41. The fourth-order valence-electron chi connectivity index (χ4n) is 3.21. The number of fused-ring (bicyclic) bond motifs is 2. The van der Waals surface area contributed by atoms with Crippen LogP contribution in [0.25, 0.3) is 0 Å². The van der Waals surface area contributed by atoms with E-state index in [4.69, 9.17) is 11.6 Å². The molecule has 0 saturated heterocycles. The molecule has 0 unspecified atom stereocenters. The van der Waals surface area contributed by atoms with Gasteiger partial charge in [-0.05, 0) is 29.7 Å². The molecule has 0 radical (unpaired) electrons. The van der Waals surface area contributed by atoms with Gasteiger partial charge in [0.25, 0.3) is 0 Å². The summed E-state index contributed by atoms with van der Waals surface area (Å²) in [6.45, 7) is 5.58. The molecule has 1 heterocycles. The Balaban J connectivity index is 2.19.